The third-order valence-corrected chi connectivity index (χ3v) is 5.04. The molecule has 1 aromatic heterocycles. The lowest BCUT2D eigenvalue weighted by Gasteiger charge is -2.36. The van der Waals surface area contributed by atoms with E-state index in [4.69, 9.17) is 10.7 Å². The van der Waals surface area contributed by atoms with Crippen molar-refractivity contribution >= 4 is 23.3 Å². The molecule has 0 saturated carbocycles. The van der Waals surface area contributed by atoms with E-state index in [-0.39, 0.29) is 17.4 Å². The van der Waals surface area contributed by atoms with E-state index in [9.17, 15) is 9.59 Å². The van der Waals surface area contributed by atoms with Crippen LogP contribution in [-0.2, 0) is 10.2 Å². The standard InChI is InChI=1S/C16H26N4O2S/c1-10(18-15(17)22)14(21)20-8-6-5-7-11(20)13-19-12(9-23-13)16(2,3)4/h9-11H,5-8H2,1-4H3,(H3,17,18,22)/t10-,11-/m0/s1. The largest absolute Gasteiger partial charge is 0.352 e. The zero-order valence-corrected chi connectivity index (χ0v) is 15.1. The number of nitrogens with two attached hydrogens (primary N) is 1. The highest BCUT2D eigenvalue weighted by Gasteiger charge is 2.33. The quantitative estimate of drug-likeness (QED) is 0.887. The summed E-state index contributed by atoms with van der Waals surface area (Å²) >= 11 is 1.61. The number of hydrogen-bond donors (Lipinski definition) is 2. The summed E-state index contributed by atoms with van der Waals surface area (Å²) in [6.07, 6.45) is 2.96. The van der Waals surface area contributed by atoms with Crippen molar-refractivity contribution in [1.82, 2.24) is 15.2 Å². The van der Waals surface area contributed by atoms with Crippen molar-refractivity contribution in [1.29, 1.82) is 0 Å². The molecule has 1 fully saturated rings. The number of hydrogen-bond acceptors (Lipinski definition) is 4. The molecule has 1 aromatic rings. The number of thiazole rings is 1. The van der Waals surface area contributed by atoms with Crippen LogP contribution in [0.5, 0.6) is 0 Å². The van der Waals surface area contributed by atoms with Gasteiger partial charge in [-0.25, -0.2) is 9.78 Å². The molecule has 2 heterocycles. The number of carbonyl (C=O) groups excluding carboxylic acids is 2. The average molecular weight is 338 g/mol. The number of carbonyl (C=O) groups is 2. The third kappa shape index (κ3) is 4.22. The molecule has 0 radical (unpaired) electrons. The van der Waals surface area contributed by atoms with Gasteiger partial charge in [0.25, 0.3) is 0 Å². The van der Waals surface area contributed by atoms with E-state index in [1.807, 2.05) is 4.90 Å². The van der Waals surface area contributed by atoms with E-state index in [1.165, 1.54) is 0 Å². The molecule has 3 amide bonds. The van der Waals surface area contributed by atoms with Gasteiger partial charge in [-0.1, -0.05) is 20.8 Å². The molecule has 0 aromatic carbocycles. The first-order valence-electron chi connectivity index (χ1n) is 8.02. The normalized spacial score (nSPS) is 20.2. The highest BCUT2D eigenvalue weighted by atomic mass is 32.1. The monoisotopic (exact) mass is 338 g/mol. The molecule has 0 aliphatic carbocycles. The van der Waals surface area contributed by atoms with Gasteiger partial charge in [-0.15, -0.1) is 11.3 Å². The number of amides is 3. The number of rotatable bonds is 3. The first-order valence-corrected chi connectivity index (χ1v) is 8.90. The Balaban J connectivity index is 2.20. The molecule has 2 rings (SSSR count). The Kier molecular flexibility index (Phi) is 5.29. The molecular formula is C16H26N4O2S. The molecule has 0 spiro atoms. The van der Waals surface area contributed by atoms with Crippen LogP contribution >= 0.6 is 11.3 Å². The molecule has 0 bridgehead atoms. The minimum Gasteiger partial charge on any atom is -0.352 e. The molecule has 0 unspecified atom stereocenters. The predicted octanol–water partition coefficient (Wildman–Crippen LogP) is 2.55. The summed E-state index contributed by atoms with van der Waals surface area (Å²) in [7, 11) is 0. The fourth-order valence-electron chi connectivity index (χ4n) is 2.76. The average Bonchev–Trinajstić information content (AvgIpc) is 2.95. The second kappa shape index (κ2) is 6.86. The summed E-state index contributed by atoms with van der Waals surface area (Å²) in [4.78, 5) is 30.3. The minimum absolute atomic E-state index is 0.000921. The van der Waals surface area contributed by atoms with Crippen molar-refractivity contribution in [2.24, 2.45) is 5.73 Å². The fourth-order valence-corrected chi connectivity index (χ4v) is 3.95. The number of piperidine rings is 1. The van der Waals surface area contributed by atoms with Crippen molar-refractivity contribution in [3.8, 4) is 0 Å². The summed E-state index contributed by atoms with van der Waals surface area (Å²) in [6, 6.07) is -1.30. The maximum absolute atomic E-state index is 12.7. The van der Waals surface area contributed by atoms with Crippen LogP contribution in [-0.4, -0.2) is 34.4 Å². The minimum atomic E-state index is -0.677. The van der Waals surface area contributed by atoms with Gasteiger partial charge in [0.15, 0.2) is 0 Å². The maximum Gasteiger partial charge on any atom is 0.312 e. The van der Waals surface area contributed by atoms with Gasteiger partial charge in [0, 0.05) is 17.3 Å². The summed E-state index contributed by atoms with van der Waals surface area (Å²) < 4.78 is 0. The fraction of sp³-hybridized carbons (Fsp3) is 0.688. The molecule has 1 aliphatic rings. The van der Waals surface area contributed by atoms with Crippen molar-refractivity contribution in [2.75, 3.05) is 6.54 Å². The number of likely N-dealkylation sites (tertiary alicyclic amines) is 1. The van der Waals surface area contributed by atoms with Gasteiger partial charge in [0.05, 0.1) is 11.7 Å². The van der Waals surface area contributed by atoms with Crippen LogP contribution in [0.15, 0.2) is 5.38 Å². The van der Waals surface area contributed by atoms with Crippen LogP contribution < -0.4 is 11.1 Å². The molecule has 2 atom stereocenters. The molecule has 1 aliphatic heterocycles. The predicted molar refractivity (Wildman–Crippen MR) is 91.3 cm³/mol. The Labute approximate surface area is 141 Å². The van der Waals surface area contributed by atoms with Crippen LogP contribution in [0.1, 0.15) is 63.7 Å². The van der Waals surface area contributed by atoms with E-state index in [0.29, 0.717) is 6.54 Å². The topological polar surface area (TPSA) is 88.3 Å². The van der Waals surface area contributed by atoms with E-state index < -0.39 is 12.1 Å². The number of aromatic nitrogens is 1. The SMILES string of the molecule is C[C@H](NC(N)=O)C(=O)N1CCCC[C@H]1c1nc(C(C)(C)C)cs1. The van der Waals surface area contributed by atoms with Gasteiger partial charge in [0.2, 0.25) is 5.91 Å². The highest BCUT2D eigenvalue weighted by Crippen LogP contribution is 2.35. The summed E-state index contributed by atoms with van der Waals surface area (Å²) in [5, 5.41) is 5.53. The Bertz CT molecular complexity index is 579. The van der Waals surface area contributed by atoms with Crippen LogP contribution in [0.2, 0.25) is 0 Å². The Morgan fingerprint density at radius 3 is 2.70 bits per heavy atom. The molecule has 6 nitrogen and oxygen atoms in total. The number of nitrogens with zero attached hydrogens (tertiary/aromatic N) is 2. The third-order valence-electron chi connectivity index (χ3n) is 4.09. The molecule has 23 heavy (non-hydrogen) atoms. The lowest BCUT2D eigenvalue weighted by atomic mass is 9.93. The van der Waals surface area contributed by atoms with Crippen LogP contribution in [0.25, 0.3) is 0 Å². The zero-order valence-electron chi connectivity index (χ0n) is 14.3. The lowest BCUT2D eigenvalue weighted by molar-refractivity contribution is -0.136. The molecular weight excluding hydrogens is 312 g/mol. The van der Waals surface area contributed by atoms with Crippen molar-refractivity contribution in [3.63, 3.8) is 0 Å². The van der Waals surface area contributed by atoms with E-state index in [1.54, 1.807) is 18.3 Å². The molecule has 1 saturated heterocycles. The second-order valence-corrected chi connectivity index (χ2v) is 7.98. The van der Waals surface area contributed by atoms with Crippen LogP contribution in [0.3, 0.4) is 0 Å². The van der Waals surface area contributed by atoms with Crippen LogP contribution in [0.4, 0.5) is 4.79 Å². The number of nitrogens with one attached hydrogen (secondary N) is 1. The molecule has 128 valence electrons. The van der Waals surface area contributed by atoms with Crippen molar-refractivity contribution in [2.45, 2.75) is 64.5 Å². The second-order valence-electron chi connectivity index (χ2n) is 7.09. The maximum atomic E-state index is 12.7. The van der Waals surface area contributed by atoms with Gasteiger partial charge in [-0.05, 0) is 26.2 Å². The number of primary amides is 1. The van der Waals surface area contributed by atoms with Crippen LogP contribution in [0, 0.1) is 0 Å². The summed E-state index contributed by atoms with van der Waals surface area (Å²) in [5.74, 6) is -0.0963. The molecule has 3 N–H and O–H groups in total. The van der Waals surface area contributed by atoms with Gasteiger partial charge < -0.3 is 16.0 Å². The zero-order chi connectivity index (χ0) is 17.2. The first-order chi connectivity index (χ1) is 10.7. The van der Waals surface area contributed by atoms with Gasteiger partial charge in [0.1, 0.15) is 11.0 Å². The Hall–Kier alpha value is -1.63. The van der Waals surface area contributed by atoms with E-state index in [0.717, 1.165) is 30.0 Å². The van der Waals surface area contributed by atoms with Gasteiger partial charge >= 0.3 is 6.03 Å². The van der Waals surface area contributed by atoms with Crippen molar-refractivity contribution in [3.05, 3.63) is 16.1 Å². The van der Waals surface area contributed by atoms with Crippen molar-refractivity contribution < 1.29 is 9.59 Å². The number of urea groups is 1. The Morgan fingerprint density at radius 2 is 2.13 bits per heavy atom. The molecule has 7 heteroatoms. The van der Waals surface area contributed by atoms with E-state index in [2.05, 4.69) is 31.5 Å². The highest BCUT2D eigenvalue weighted by molar-refractivity contribution is 7.09. The summed E-state index contributed by atoms with van der Waals surface area (Å²) in [5.41, 5.74) is 6.18. The first kappa shape index (κ1) is 17.7. The summed E-state index contributed by atoms with van der Waals surface area (Å²) in [6.45, 7) is 8.76. The van der Waals surface area contributed by atoms with E-state index >= 15 is 0 Å². The van der Waals surface area contributed by atoms with Gasteiger partial charge in [-0.2, -0.15) is 0 Å². The smallest absolute Gasteiger partial charge is 0.312 e. The van der Waals surface area contributed by atoms with Gasteiger partial charge in [-0.3, -0.25) is 4.79 Å². The Morgan fingerprint density at radius 1 is 1.43 bits per heavy atom. The lowest BCUT2D eigenvalue weighted by Crippen LogP contribution is -2.50.